The van der Waals surface area contributed by atoms with Gasteiger partial charge in [0, 0.05) is 19.6 Å². The maximum atomic E-state index is 10.9. The fourth-order valence-electron chi connectivity index (χ4n) is 5.90. The van der Waals surface area contributed by atoms with Crippen molar-refractivity contribution in [2.75, 3.05) is 9.80 Å². The van der Waals surface area contributed by atoms with Crippen LogP contribution < -0.4 is 9.80 Å². The van der Waals surface area contributed by atoms with E-state index in [1.807, 2.05) is 0 Å². The summed E-state index contributed by atoms with van der Waals surface area (Å²) in [7, 11) is 0. The molecule has 0 N–H and O–H groups in total. The van der Waals surface area contributed by atoms with Crippen LogP contribution in [0.1, 0.15) is 36.5 Å². The van der Waals surface area contributed by atoms with Gasteiger partial charge in [-0.3, -0.25) is 0 Å². The van der Waals surface area contributed by atoms with Crippen LogP contribution in [0.25, 0.3) is 0 Å². The lowest BCUT2D eigenvalue weighted by molar-refractivity contribution is 0.791. The maximum Gasteiger partial charge on any atom is 0.102 e. The van der Waals surface area contributed by atoms with Crippen molar-refractivity contribution >= 4 is 80.2 Å². The van der Waals surface area contributed by atoms with E-state index in [-0.39, 0.29) is 0 Å². The first-order valence-corrected chi connectivity index (χ1v) is 16.9. The number of nitrogens with zero attached hydrogens (tertiary/aromatic N) is 4. The third kappa shape index (κ3) is 4.58. The third-order valence-electron chi connectivity index (χ3n) is 7.81. The summed E-state index contributed by atoms with van der Waals surface area (Å²) >= 11 is 5.89. The largest absolute Gasteiger partial charge is 0.306 e. The lowest BCUT2D eigenvalue weighted by atomic mass is 9.92. The predicted octanol–water partition coefficient (Wildman–Crippen LogP) is 11.2. The molecule has 5 aromatic carbocycles. The number of rotatable bonds is 5. The van der Waals surface area contributed by atoms with Crippen LogP contribution in [0.2, 0.25) is 0 Å². The molecule has 0 aliphatic carbocycles. The summed E-state index contributed by atoms with van der Waals surface area (Å²) in [4.78, 5) is 9.02. The number of para-hydroxylation sites is 4. The molecule has 0 saturated carbocycles. The highest BCUT2D eigenvalue weighted by Gasteiger charge is 2.36. The number of nitriles is 2. The summed E-state index contributed by atoms with van der Waals surface area (Å²) in [6, 6.07) is 38.7. The Morgan fingerprint density at radius 1 is 0.605 bits per heavy atom. The minimum Gasteiger partial charge on any atom is -0.306 e. The average molecular weight is 705 g/mol. The van der Waals surface area contributed by atoms with Crippen LogP contribution in [0.4, 0.5) is 34.1 Å². The zero-order valence-electron chi connectivity index (χ0n) is 23.3. The van der Waals surface area contributed by atoms with Crippen LogP contribution in [-0.2, 0) is 6.42 Å². The minimum atomic E-state index is 0.572. The molecule has 4 nitrogen and oxygen atoms in total. The Bertz CT molecular complexity index is 1760. The van der Waals surface area contributed by atoms with E-state index < -0.39 is 0 Å². The number of fused-ring (bicyclic) bond motifs is 4. The molecule has 0 fully saturated rings. The second kappa shape index (κ2) is 11.7. The molecule has 0 amide bonds. The van der Waals surface area contributed by atoms with Crippen molar-refractivity contribution < 1.29 is 0 Å². The summed E-state index contributed by atoms with van der Waals surface area (Å²) < 4.78 is 0.874. The van der Waals surface area contributed by atoms with Gasteiger partial charge in [0.2, 0.25) is 0 Å². The van der Waals surface area contributed by atoms with Gasteiger partial charge in [0.1, 0.15) is 12.1 Å². The van der Waals surface area contributed by atoms with Gasteiger partial charge in [-0.15, -0.1) is 0 Å². The Balaban J connectivity index is 1.62. The highest BCUT2D eigenvalue weighted by Crippen LogP contribution is 2.58. The van der Waals surface area contributed by atoms with Crippen LogP contribution in [0.3, 0.4) is 0 Å². The first kappa shape index (κ1) is 27.9. The van der Waals surface area contributed by atoms with Gasteiger partial charge in [0.05, 0.1) is 48.8 Å². The van der Waals surface area contributed by atoms with Gasteiger partial charge in [-0.05, 0) is 89.5 Å². The molecule has 0 spiro atoms. The van der Waals surface area contributed by atoms with E-state index in [1.165, 1.54) is 0 Å². The predicted molar refractivity (Wildman–Crippen MR) is 185 cm³/mol. The van der Waals surface area contributed by atoms with E-state index >= 15 is 0 Å². The van der Waals surface area contributed by atoms with Crippen LogP contribution in [0, 0.1) is 26.2 Å². The normalized spacial score (nSPS) is 12.8. The molecule has 0 aromatic heterocycles. The minimum absolute atomic E-state index is 0.572. The van der Waals surface area contributed by atoms with Crippen molar-refractivity contribution in [3.63, 3.8) is 0 Å². The molecular formula is C36H25IN4S2. The molecular weight excluding hydrogens is 679 g/mol. The SMILES string of the molecule is CCCCc1c(C#N)c(N2c3ccccc3Sc3ccccc32)c(I)c(N2c3ccccc3Sc3ccccc32)c1C#N. The molecule has 5 aromatic rings. The van der Waals surface area contributed by atoms with Crippen LogP contribution >= 0.6 is 46.1 Å². The van der Waals surface area contributed by atoms with Gasteiger partial charge in [-0.2, -0.15) is 10.5 Å². The lowest BCUT2D eigenvalue weighted by Gasteiger charge is -2.38. The Morgan fingerprint density at radius 3 is 1.28 bits per heavy atom. The van der Waals surface area contributed by atoms with Gasteiger partial charge < -0.3 is 9.80 Å². The van der Waals surface area contributed by atoms with Crippen molar-refractivity contribution in [2.24, 2.45) is 0 Å². The fourth-order valence-corrected chi connectivity index (χ4v) is 9.04. The van der Waals surface area contributed by atoms with Gasteiger partial charge >= 0.3 is 0 Å². The number of unbranched alkanes of at least 4 members (excludes halogenated alkanes) is 1. The van der Waals surface area contributed by atoms with E-state index in [4.69, 9.17) is 0 Å². The Kier molecular flexibility index (Phi) is 7.56. The van der Waals surface area contributed by atoms with Crippen LogP contribution in [0.15, 0.2) is 117 Å². The van der Waals surface area contributed by atoms with E-state index in [1.54, 1.807) is 23.5 Å². The van der Waals surface area contributed by atoms with Crippen molar-refractivity contribution in [1.29, 1.82) is 10.5 Å². The molecule has 0 bridgehead atoms. The van der Waals surface area contributed by atoms with Crippen molar-refractivity contribution in [3.8, 4) is 12.1 Å². The molecule has 7 rings (SSSR count). The Labute approximate surface area is 274 Å². The van der Waals surface area contributed by atoms with Gasteiger partial charge in [-0.25, -0.2) is 0 Å². The lowest BCUT2D eigenvalue weighted by Crippen LogP contribution is -2.23. The summed E-state index contributed by atoms with van der Waals surface area (Å²) in [5.41, 5.74) is 7.76. The summed E-state index contributed by atoms with van der Waals surface area (Å²) in [6.07, 6.45) is 2.50. The molecule has 2 heterocycles. The first-order valence-electron chi connectivity index (χ1n) is 14.2. The highest BCUT2D eigenvalue weighted by molar-refractivity contribution is 14.1. The molecule has 7 heteroatoms. The fraction of sp³-hybridized carbons (Fsp3) is 0.111. The van der Waals surface area contributed by atoms with Gasteiger partial charge in [0.25, 0.3) is 0 Å². The summed E-state index contributed by atoms with van der Waals surface area (Å²) in [5.74, 6) is 0. The summed E-state index contributed by atoms with van der Waals surface area (Å²) in [5, 5.41) is 21.7. The second-order valence-electron chi connectivity index (χ2n) is 10.3. The van der Waals surface area contributed by atoms with Crippen molar-refractivity contribution in [3.05, 3.63) is 117 Å². The number of benzene rings is 5. The van der Waals surface area contributed by atoms with Crippen LogP contribution in [-0.4, -0.2) is 0 Å². The van der Waals surface area contributed by atoms with Crippen molar-refractivity contribution in [1.82, 2.24) is 0 Å². The molecule has 0 unspecified atom stereocenters. The average Bonchev–Trinajstić information content (AvgIpc) is 3.05. The molecule has 0 atom stereocenters. The maximum absolute atomic E-state index is 10.9. The van der Waals surface area contributed by atoms with E-state index in [9.17, 15) is 10.5 Å². The van der Waals surface area contributed by atoms with E-state index in [0.717, 1.165) is 75.7 Å². The number of anilines is 6. The summed E-state index contributed by atoms with van der Waals surface area (Å²) in [6.45, 7) is 2.15. The molecule has 2 aliphatic heterocycles. The smallest absolute Gasteiger partial charge is 0.102 e. The Morgan fingerprint density at radius 2 is 0.953 bits per heavy atom. The number of hydrogen-bond acceptors (Lipinski definition) is 6. The topological polar surface area (TPSA) is 54.1 Å². The van der Waals surface area contributed by atoms with E-state index in [2.05, 4.69) is 149 Å². The molecule has 0 saturated heterocycles. The third-order valence-corrected chi connectivity index (χ3v) is 11.1. The second-order valence-corrected chi connectivity index (χ2v) is 13.6. The van der Waals surface area contributed by atoms with Gasteiger partial charge in [-0.1, -0.05) is 85.4 Å². The quantitative estimate of drug-likeness (QED) is 0.166. The zero-order valence-corrected chi connectivity index (χ0v) is 27.1. The number of halogens is 1. The molecule has 43 heavy (non-hydrogen) atoms. The molecule has 208 valence electrons. The van der Waals surface area contributed by atoms with Crippen LogP contribution in [0.5, 0.6) is 0 Å². The monoisotopic (exact) mass is 704 g/mol. The molecule has 0 radical (unpaired) electrons. The van der Waals surface area contributed by atoms with E-state index in [0.29, 0.717) is 17.5 Å². The Hall–Kier alpha value is -3.89. The highest BCUT2D eigenvalue weighted by atomic mass is 127. The van der Waals surface area contributed by atoms with Gasteiger partial charge in [0.15, 0.2) is 0 Å². The van der Waals surface area contributed by atoms with Crippen molar-refractivity contribution in [2.45, 2.75) is 45.8 Å². The molecule has 2 aliphatic rings. The zero-order chi connectivity index (χ0) is 29.5. The standard InChI is InChI=1S/C36H25IN4S2/c1-2-3-12-23-24(21-38)35(40-26-13-4-8-17-30(26)42-31-18-9-5-14-27(31)40)34(37)36(25(23)22-39)41-28-15-6-10-19-32(28)43-33-20-11-7-16-29(33)41/h4-11,13-20H,2-3,12H2,1H3. The number of hydrogen-bond donors (Lipinski definition) is 0. The first-order chi connectivity index (χ1) is 21.2.